The molecule has 1 aromatic carbocycles. The fourth-order valence-corrected chi connectivity index (χ4v) is 2.81. The molecule has 2 rings (SSSR count). The van der Waals surface area contributed by atoms with Crippen molar-refractivity contribution in [2.75, 3.05) is 20.3 Å². The number of nitrogens with one attached hydrogen (secondary N) is 1. The molecule has 0 fully saturated rings. The number of ether oxygens (including phenoxy) is 2. The summed E-state index contributed by atoms with van der Waals surface area (Å²) in [4.78, 5) is 16.3. The number of methoxy groups -OCH3 is 1. The lowest BCUT2D eigenvalue weighted by molar-refractivity contribution is -0.120. The molecule has 1 heterocycles. The second-order valence-electron chi connectivity index (χ2n) is 5.56. The zero-order chi connectivity index (χ0) is 17.2. The molecule has 0 spiro atoms. The van der Waals surface area contributed by atoms with Crippen LogP contribution in [0.15, 0.2) is 29.6 Å². The maximum absolute atomic E-state index is 11.9. The third-order valence-electron chi connectivity index (χ3n) is 3.42. The number of carbonyl (C=O) groups excluding carboxylic acids is 1. The zero-order valence-corrected chi connectivity index (χ0v) is 15.0. The van der Waals surface area contributed by atoms with E-state index in [9.17, 15) is 4.79 Å². The lowest BCUT2D eigenvalue weighted by Gasteiger charge is -2.04. The number of aromatic nitrogens is 1. The topological polar surface area (TPSA) is 60.5 Å². The van der Waals surface area contributed by atoms with Gasteiger partial charge >= 0.3 is 0 Å². The Morgan fingerprint density at radius 2 is 2.04 bits per heavy atom. The van der Waals surface area contributed by atoms with Gasteiger partial charge in [-0.2, -0.15) is 0 Å². The Morgan fingerprint density at radius 1 is 1.25 bits per heavy atom. The SMILES string of the molecule is COCCCCNC(=O)Cc1csc(COc2ccc(C)cc2)n1. The molecule has 0 bridgehead atoms. The molecule has 5 nitrogen and oxygen atoms in total. The van der Waals surface area contributed by atoms with Crippen LogP contribution in [-0.4, -0.2) is 31.2 Å². The molecule has 130 valence electrons. The van der Waals surface area contributed by atoms with Gasteiger partial charge in [0.25, 0.3) is 0 Å². The third kappa shape index (κ3) is 6.68. The van der Waals surface area contributed by atoms with Crippen LogP contribution in [0.4, 0.5) is 0 Å². The van der Waals surface area contributed by atoms with Gasteiger partial charge in [0.1, 0.15) is 17.4 Å². The number of aryl methyl sites for hydroxylation is 1. The molecule has 1 amide bonds. The van der Waals surface area contributed by atoms with Crippen LogP contribution in [-0.2, 0) is 22.6 Å². The molecule has 0 radical (unpaired) electrons. The molecule has 6 heteroatoms. The van der Waals surface area contributed by atoms with E-state index in [4.69, 9.17) is 9.47 Å². The number of thiazole rings is 1. The first-order valence-electron chi connectivity index (χ1n) is 8.06. The van der Waals surface area contributed by atoms with Gasteiger partial charge in [-0.1, -0.05) is 17.7 Å². The van der Waals surface area contributed by atoms with Crippen LogP contribution < -0.4 is 10.1 Å². The Hall–Kier alpha value is -1.92. The Labute approximate surface area is 147 Å². The minimum atomic E-state index is 0.00344. The largest absolute Gasteiger partial charge is 0.486 e. The van der Waals surface area contributed by atoms with Gasteiger partial charge < -0.3 is 14.8 Å². The van der Waals surface area contributed by atoms with E-state index in [0.717, 1.165) is 35.9 Å². The van der Waals surface area contributed by atoms with Crippen LogP contribution in [0.25, 0.3) is 0 Å². The van der Waals surface area contributed by atoms with E-state index in [-0.39, 0.29) is 5.91 Å². The number of nitrogens with zero attached hydrogens (tertiary/aromatic N) is 1. The number of amides is 1. The van der Waals surface area contributed by atoms with Crippen molar-refractivity contribution < 1.29 is 14.3 Å². The lowest BCUT2D eigenvalue weighted by Crippen LogP contribution is -2.26. The monoisotopic (exact) mass is 348 g/mol. The minimum Gasteiger partial charge on any atom is -0.486 e. The standard InChI is InChI=1S/C18H24N2O3S/c1-14-5-7-16(8-6-14)23-12-18-20-15(13-24-18)11-17(21)19-9-3-4-10-22-2/h5-8,13H,3-4,9-12H2,1-2H3,(H,19,21). The van der Waals surface area contributed by atoms with Crippen molar-refractivity contribution in [3.63, 3.8) is 0 Å². The van der Waals surface area contributed by atoms with E-state index < -0.39 is 0 Å². The Balaban J connectivity index is 1.70. The van der Waals surface area contributed by atoms with Gasteiger partial charge in [-0.05, 0) is 31.9 Å². The van der Waals surface area contributed by atoms with Gasteiger partial charge in [-0.25, -0.2) is 4.98 Å². The van der Waals surface area contributed by atoms with Gasteiger partial charge in [0, 0.05) is 25.6 Å². The summed E-state index contributed by atoms with van der Waals surface area (Å²) in [6.07, 6.45) is 2.19. The fourth-order valence-electron chi connectivity index (χ4n) is 2.10. The van der Waals surface area contributed by atoms with Gasteiger partial charge in [0.2, 0.25) is 5.91 Å². The lowest BCUT2D eigenvalue weighted by atomic mass is 10.2. The molecule has 1 aromatic heterocycles. The molecular weight excluding hydrogens is 324 g/mol. The normalized spacial score (nSPS) is 10.6. The number of hydrogen-bond donors (Lipinski definition) is 1. The van der Waals surface area contributed by atoms with Crippen molar-refractivity contribution in [3.05, 3.63) is 45.9 Å². The highest BCUT2D eigenvalue weighted by Gasteiger charge is 2.08. The predicted molar refractivity (Wildman–Crippen MR) is 95.4 cm³/mol. The average molecular weight is 348 g/mol. The number of unbranched alkanes of at least 4 members (excludes halogenated alkanes) is 1. The van der Waals surface area contributed by atoms with Crippen LogP contribution in [0.3, 0.4) is 0 Å². The van der Waals surface area contributed by atoms with Crippen molar-refractivity contribution in [1.29, 1.82) is 0 Å². The smallest absolute Gasteiger partial charge is 0.226 e. The average Bonchev–Trinajstić information content (AvgIpc) is 3.01. The summed E-state index contributed by atoms with van der Waals surface area (Å²) in [5, 5.41) is 5.69. The molecule has 24 heavy (non-hydrogen) atoms. The van der Waals surface area contributed by atoms with Crippen LogP contribution >= 0.6 is 11.3 Å². The number of hydrogen-bond acceptors (Lipinski definition) is 5. The predicted octanol–water partition coefficient (Wildman–Crippen LogP) is 3.12. The Bertz CT molecular complexity index is 625. The van der Waals surface area contributed by atoms with Crippen LogP contribution in [0.5, 0.6) is 5.75 Å². The molecular formula is C18H24N2O3S. The van der Waals surface area contributed by atoms with E-state index in [0.29, 0.717) is 19.6 Å². The van der Waals surface area contributed by atoms with Gasteiger partial charge in [0.15, 0.2) is 0 Å². The summed E-state index contributed by atoms with van der Waals surface area (Å²) in [6.45, 7) is 3.87. The van der Waals surface area contributed by atoms with Crippen molar-refractivity contribution in [2.45, 2.75) is 32.8 Å². The molecule has 0 unspecified atom stereocenters. The van der Waals surface area contributed by atoms with Crippen LogP contribution in [0.1, 0.15) is 29.1 Å². The summed E-state index contributed by atoms with van der Waals surface area (Å²) >= 11 is 1.52. The third-order valence-corrected chi connectivity index (χ3v) is 4.29. The van der Waals surface area contributed by atoms with Gasteiger partial charge in [-0.15, -0.1) is 11.3 Å². The summed E-state index contributed by atoms with van der Waals surface area (Å²) in [5.41, 5.74) is 1.99. The van der Waals surface area contributed by atoms with E-state index in [1.54, 1.807) is 7.11 Å². The zero-order valence-electron chi connectivity index (χ0n) is 14.2. The first kappa shape index (κ1) is 18.4. The molecule has 0 aliphatic rings. The summed E-state index contributed by atoms with van der Waals surface area (Å²) in [5.74, 6) is 0.829. The van der Waals surface area contributed by atoms with E-state index >= 15 is 0 Å². The highest BCUT2D eigenvalue weighted by atomic mass is 32.1. The second-order valence-corrected chi connectivity index (χ2v) is 6.50. The molecule has 0 atom stereocenters. The van der Waals surface area contributed by atoms with Crippen LogP contribution in [0.2, 0.25) is 0 Å². The molecule has 1 N–H and O–H groups in total. The maximum Gasteiger partial charge on any atom is 0.226 e. The quantitative estimate of drug-likeness (QED) is 0.670. The molecule has 0 aliphatic heterocycles. The summed E-state index contributed by atoms with van der Waals surface area (Å²) in [7, 11) is 1.68. The van der Waals surface area contributed by atoms with Crippen LogP contribution in [0, 0.1) is 6.92 Å². The number of benzene rings is 1. The minimum absolute atomic E-state index is 0.00344. The maximum atomic E-state index is 11.9. The van der Waals surface area contributed by atoms with E-state index in [1.165, 1.54) is 16.9 Å². The van der Waals surface area contributed by atoms with Gasteiger partial charge in [0.05, 0.1) is 12.1 Å². The molecule has 0 saturated carbocycles. The van der Waals surface area contributed by atoms with Crippen molar-refractivity contribution >= 4 is 17.2 Å². The van der Waals surface area contributed by atoms with Crippen molar-refractivity contribution in [3.8, 4) is 5.75 Å². The summed E-state index contributed by atoms with van der Waals surface area (Å²) in [6, 6.07) is 7.92. The highest BCUT2D eigenvalue weighted by molar-refractivity contribution is 7.09. The molecule has 0 aliphatic carbocycles. The van der Waals surface area contributed by atoms with E-state index in [2.05, 4.69) is 10.3 Å². The number of carbonyl (C=O) groups is 1. The summed E-state index contributed by atoms with van der Waals surface area (Å²) < 4.78 is 10.7. The van der Waals surface area contributed by atoms with Gasteiger partial charge in [-0.3, -0.25) is 4.79 Å². The number of rotatable bonds is 10. The first-order chi connectivity index (χ1) is 11.7. The Morgan fingerprint density at radius 3 is 2.79 bits per heavy atom. The highest BCUT2D eigenvalue weighted by Crippen LogP contribution is 2.16. The Kier molecular flexibility index (Phi) is 7.71. The molecule has 2 aromatic rings. The second kappa shape index (κ2) is 10.1. The van der Waals surface area contributed by atoms with Crippen molar-refractivity contribution in [1.82, 2.24) is 10.3 Å². The molecule has 0 saturated heterocycles. The first-order valence-corrected chi connectivity index (χ1v) is 8.93. The van der Waals surface area contributed by atoms with E-state index in [1.807, 2.05) is 36.6 Å². The fraction of sp³-hybridized carbons (Fsp3) is 0.444. The van der Waals surface area contributed by atoms with Crippen molar-refractivity contribution in [2.24, 2.45) is 0 Å².